The van der Waals surface area contributed by atoms with Gasteiger partial charge in [0.25, 0.3) is 5.91 Å². The summed E-state index contributed by atoms with van der Waals surface area (Å²) in [6.45, 7) is 0. The number of hydrogen-bond acceptors (Lipinski definition) is 5. The molecule has 1 heterocycles. The molecule has 3 aromatic rings. The number of benzene rings is 2. The maximum absolute atomic E-state index is 13.0. The highest BCUT2D eigenvalue weighted by atomic mass is 32.2. The van der Waals surface area contributed by atoms with E-state index in [-0.39, 0.29) is 16.0 Å². The van der Waals surface area contributed by atoms with Crippen LogP contribution in [0.3, 0.4) is 0 Å². The van der Waals surface area contributed by atoms with Crippen molar-refractivity contribution < 1.29 is 22.7 Å². The number of para-hydroxylation sites is 1. The molecule has 0 N–H and O–H groups in total. The fraction of sp³-hybridized carbons (Fsp3) is 0.158. The first kappa shape index (κ1) is 18.8. The van der Waals surface area contributed by atoms with Gasteiger partial charge in [0.2, 0.25) is 10.0 Å². The topological polar surface area (TPSA) is 85.7 Å². The molecule has 0 fully saturated rings. The molecule has 0 bridgehead atoms. The lowest BCUT2D eigenvalue weighted by atomic mass is 10.2. The van der Waals surface area contributed by atoms with Gasteiger partial charge in [0.05, 0.1) is 23.1 Å². The Morgan fingerprint density at radius 3 is 2.41 bits per heavy atom. The van der Waals surface area contributed by atoms with E-state index in [1.165, 1.54) is 56.2 Å². The van der Waals surface area contributed by atoms with Crippen molar-refractivity contribution in [3.05, 3.63) is 65.9 Å². The summed E-state index contributed by atoms with van der Waals surface area (Å²) < 4.78 is 31.9. The molecule has 7 nitrogen and oxygen atoms in total. The monoisotopic (exact) mass is 386 g/mol. The molecule has 0 saturated heterocycles. The van der Waals surface area contributed by atoms with Gasteiger partial charge in [0.15, 0.2) is 0 Å². The summed E-state index contributed by atoms with van der Waals surface area (Å²) in [7, 11) is 0.443. The minimum Gasteiger partial charge on any atom is -0.465 e. The van der Waals surface area contributed by atoms with Gasteiger partial charge < -0.3 is 4.74 Å². The molecular formula is C19H18N2O5S. The maximum Gasteiger partial charge on any atom is 0.340 e. The van der Waals surface area contributed by atoms with E-state index in [4.69, 9.17) is 4.74 Å². The van der Waals surface area contributed by atoms with Gasteiger partial charge >= 0.3 is 5.97 Å². The van der Waals surface area contributed by atoms with E-state index in [1.54, 1.807) is 24.3 Å². The van der Waals surface area contributed by atoms with Gasteiger partial charge in [-0.2, -0.15) is 0 Å². The minimum absolute atomic E-state index is 0.0167. The summed E-state index contributed by atoms with van der Waals surface area (Å²) in [5.41, 5.74) is 0.984. The zero-order chi connectivity index (χ0) is 19.8. The lowest BCUT2D eigenvalue weighted by Gasteiger charge is -2.12. The molecule has 0 radical (unpaired) electrons. The Labute approximate surface area is 156 Å². The third-order valence-corrected chi connectivity index (χ3v) is 6.01. The number of carbonyl (C=O) groups excluding carboxylic acids is 2. The number of nitrogens with zero attached hydrogens (tertiary/aromatic N) is 2. The van der Waals surface area contributed by atoms with Gasteiger partial charge in [-0.1, -0.05) is 24.3 Å². The Kier molecular flexibility index (Phi) is 4.86. The van der Waals surface area contributed by atoms with Crippen LogP contribution < -0.4 is 0 Å². The van der Waals surface area contributed by atoms with E-state index in [9.17, 15) is 18.0 Å². The molecule has 0 aliphatic carbocycles. The van der Waals surface area contributed by atoms with E-state index < -0.39 is 21.9 Å². The second kappa shape index (κ2) is 6.98. The Morgan fingerprint density at radius 2 is 1.74 bits per heavy atom. The van der Waals surface area contributed by atoms with Crippen LogP contribution in [0.25, 0.3) is 10.9 Å². The van der Waals surface area contributed by atoms with Crippen LogP contribution in [0.4, 0.5) is 0 Å². The van der Waals surface area contributed by atoms with E-state index in [2.05, 4.69) is 0 Å². The Morgan fingerprint density at radius 1 is 1.04 bits per heavy atom. The number of ether oxygens (including phenoxy) is 1. The highest BCUT2D eigenvalue weighted by molar-refractivity contribution is 7.89. The normalized spacial score (nSPS) is 11.7. The number of hydrogen-bond donors (Lipinski definition) is 0. The lowest BCUT2D eigenvalue weighted by Crippen LogP contribution is -2.22. The first-order valence-corrected chi connectivity index (χ1v) is 9.47. The average Bonchev–Trinajstić information content (AvgIpc) is 3.06. The zero-order valence-corrected chi connectivity index (χ0v) is 15.9. The molecule has 27 heavy (non-hydrogen) atoms. The van der Waals surface area contributed by atoms with Crippen molar-refractivity contribution in [1.82, 2.24) is 8.87 Å². The smallest absolute Gasteiger partial charge is 0.340 e. The van der Waals surface area contributed by atoms with Crippen LogP contribution in [0.5, 0.6) is 0 Å². The number of methoxy groups -OCH3 is 1. The summed E-state index contributed by atoms with van der Waals surface area (Å²) in [5.74, 6) is -1.00. The van der Waals surface area contributed by atoms with E-state index in [1.807, 2.05) is 0 Å². The highest BCUT2D eigenvalue weighted by Crippen LogP contribution is 2.24. The van der Waals surface area contributed by atoms with E-state index >= 15 is 0 Å². The Bertz CT molecular complexity index is 1150. The van der Waals surface area contributed by atoms with Crippen LogP contribution in [-0.2, 0) is 14.8 Å². The molecule has 0 atom stereocenters. The summed E-state index contributed by atoms with van der Waals surface area (Å²) in [6, 6.07) is 12.7. The second-order valence-corrected chi connectivity index (χ2v) is 8.19. The van der Waals surface area contributed by atoms with Crippen LogP contribution in [0.1, 0.15) is 20.7 Å². The molecule has 8 heteroatoms. The first-order valence-electron chi connectivity index (χ1n) is 8.03. The van der Waals surface area contributed by atoms with Gasteiger partial charge in [0, 0.05) is 31.2 Å². The quantitative estimate of drug-likeness (QED) is 0.643. The lowest BCUT2D eigenvalue weighted by molar-refractivity contribution is 0.0603. The predicted octanol–water partition coefficient (Wildman–Crippen LogP) is 2.37. The van der Waals surface area contributed by atoms with Crippen molar-refractivity contribution in [2.24, 2.45) is 0 Å². The number of aromatic nitrogens is 1. The molecule has 140 valence electrons. The van der Waals surface area contributed by atoms with Crippen LogP contribution in [0.2, 0.25) is 0 Å². The van der Waals surface area contributed by atoms with Crippen LogP contribution in [0.15, 0.2) is 59.6 Å². The molecule has 1 aromatic heterocycles. The average molecular weight is 386 g/mol. The molecule has 0 saturated carbocycles. The molecule has 2 aromatic carbocycles. The zero-order valence-electron chi connectivity index (χ0n) is 15.0. The van der Waals surface area contributed by atoms with Crippen LogP contribution in [0, 0.1) is 0 Å². The van der Waals surface area contributed by atoms with Gasteiger partial charge in [-0.05, 0) is 24.3 Å². The van der Waals surface area contributed by atoms with Crippen molar-refractivity contribution in [3.8, 4) is 0 Å². The van der Waals surface area contributed by atoms with Crippen molar-refractivity contribution in [2.45, 2.75) is 4.90 Å². The van der Waals surface area contributed by atoms with Gasteiger partial charge in [-0.15, -0.1) is 0 Å². The SMILES string of the molecule is COC(=O)c1cn(C(=O)c2cccc(S(=O)(=O)N(C)C)c2)c2ccccc12. The number of fused-ring (bicyclic) bond motifs is 1. The first-order chi connectivity index (χ1) is 12.8. The largest absolute Gasteiger partial charge is 0.465 e. The summed E-state index contributed by atoms with van der Waals surface area (Å²) in [6.07, 6.45) is 1.41. The van der Waals surface area contributed by atoms with Crippen molar-refractivity contribution >= 4 is 32.8 Å². The predicted molar refractivity (Wildman–Crippen MR) is 100 cm³/mol. The summed E-state index contributed by atoms with van der Waals surface area (Å²) in [4.78, 5) is 25.1. The standard InChI is InChI=1S/C19H18N2O5S/c1-20(2)27(24,25)14-8-6-7-13(11-14)18(22)21-12-16(19(23)26-3)15-9-4-5-10-17(15)21/h4-12H,1-3H3. The second-order valence-electron chi connectivity index (χ2n) is 6.04. The number of rotatable bonds is 4. The van der Waals surface area contributed by atoms with Crippen LogP contribution >= 0.6 is 0 Å². The Balaban J connectivity index is 2.14. The molecule has 3 rings (SSSR count). The number of sulfonamides is 1. The van der Waals surface area contributed by atoms with Gasteiger partial charge in [0.1, 0.15) is 0 Å². The van der Waals surface area contributed by atoms with Crippen molar-refractivity contribution in [1.29, 1.82) is 0 Å². The molecule has 0 amide bonds. The van der Waals surface area contributed by atoms with Gasteiger partial charge in [-0.25, -0.2) is 17.5 Å². The fourth-order valence-corrected chi connectivity index (χ4v) is 3.71. The summed E-state index contributed by atoms with van der Waals surface area (Å²) in [5, 5.41) is 0.578. The molecule has 0 aliphatic heterocycles. The van der Waals surface area contributed by atoms with E-state index in [0.717, 1.165) is 4.31 Å². The minimum atomic E-state index is -3.67. The molecule has 0 unspecified atom stereocenters. The highest BCUT2D eigenvalue weighted by Gasteiger charge is 2.22. The number of esters is 1. The molecular weight excluding hydrogens is 368 g/mol. The van der Waals surface area contributed by atoms with E-state index in [0.29, 0.717) is 10.9 Å². The van der Waals surface area contributed by atoms with Crippen molar-refractivity contribution in [3.63, 3.8) is 0 Å². The third-order valence-electron chi connectivity index (χ3n) is 4.20. The van der Waals surface area contributed by atoms with Crippen molar-refractivity contribution in [2.75, 3.05) is 21.2 Å². The summed E-state index contributed by atoms with van der Waals surface area (Å²) >= 11 is 0. The third kappa shape index (κ3) is 3.24. The molecule has 0 spiro atoms. The number of carbonyl (C=O) groups is 2. The Hall–Kier alpha value is -2.97. The van der Waals surface area contributed by atoms with Crippen LogP contribution in [-0.4, -0.2) is 50.4 Å². The maximum atomic E-state index is 13.0. The fourth-order valence-electron chi connectivity index (χ4n) is 2.76. The molecule has 0 aliphatic rings. The van der Waals surface area contributed by atoms with Gasteiger partial charge in [-0.3, -0.25) is 9.36 Å².